The molecule has 4 nitrogen and oxygen atoms in total. The Hall–Kier alpha value is -2.05. The molecule has 0 fully saturated rings. The van der Waals surface area contributed by atoms with Crippen LogP contribution in [0.3, 0.4) is 0 Å². The molecule has 0 saturated carbocycles. The van der Waals surface area contributed by atoms with Crippen LogP contribution in [0.4, 0.5) is 39.5 Å². The van der Waals surface area contributed by atoms with E-state index in [1.807, 2.05) is 0 Å². The lowest BCUT2D eigenvalue weighted by Gasteiger charge is -2.23. The fourth-order valence-corrected chi connectivity index (χ4v) is 2.63. The SMILES string of the molecule is CC(CN)CC(C)Cc1ccc(OC(F)(F)F)c(OC(F)(F)F)c1OC(F)(F)F. The van der Waals surface area contributed by atoms with Crippen molar-refractivity contribution in [1.82, 2.24) is 0 Å². The van der Waals surface area contributed by atoms with Crippen LogP contribution in [-0.4, -0.2) is 25.6 Å². The van der Waals surface area contributed by atoms with Crippen LogP contribution in [0.1, 0.15) is 25.8 Å². The Labute approximate surface area is 159 Å². The van der Waals surface area contributed by atoms with Gasteiger partial charge in [-0.1, -0.05) is 19.9 Å². The lowest BCUT2D eigenvalue weighted by atomic mass is 9.91. The molecule has 1 rings (SSSR count). The molecule has 0 aromatic heterocycles. The van der Waals surface area contributed by atoms with Crippen molar-refractivity contribution in [1.29, 1.82) is 0 Å². The highest BCUT2D eigenvalue weighted by Crippen LogP contribution is 2.47. The molecule has 13 heteroatoms. The molecule has 0 bridgehead atoms. The van der Waals surface area contributed by atoms with Gasteiger partial charge in [-0.3, -0.25) is 0 Å². The van der Waals surface area contributed by atoms with Gasteiger partial charge >= 0.3 is 19.1 Å². The Morgan fingerprint density at radius 1 is 0.759 bits per heavy atom. The average Bonchev–Trinajstić information content (AvgIpc) is 2.49. The molecule has 0 aliphatic rings. The Morgan fingerprint density at radius 3 is 1.69 bits per heavy atom. The van der Waals surface area contributed by atoms with Crippen LogP contribution in [-0.2, 0) is 6.42 Å². The third-order valence-electron chi connectivity index (χ3n) is 3.59. The summed E-state index contributed by atoms with van der Waals surface area (Å²) in [6.45, 7) is 3.60. The van der Waals surface area contributed by atoms with Crippen molar-refractivity contribution >= 4 is 0 Å². The van der Waals surface area contributed by atoms with Crippen LogP contribution >= 0.6 is 0 Å². The van der Waals surface area contributed by atoms with Crippen molar-refractivity contribution in [3.05, 3.63) is 17.7 Å². The minimum Gasteiger partial charge on any atom is -0.402 e. The second-order valence-electron chi connectivity index (χ2n) is 6.41. The molecule has 0 radical (unpaired) electrons. The minimum atomic E-state index is -5.61. The van der Waals surface area contributed by atoms with Crippen LogP contribution < -0.4 is 19.9 Å². The first kappa shape index (κ1) is 25.0. The number of alkyl halides is 9. The normalized spacial score (nSPS) is 15.0. The van der Waals surface area contributed by atoms with E-state index in [0.29, 0.717) is 12.5 Å². The monoisotopic (exact) mass is 443 g/mol. The second-order valence-corrected chi connectivity index (χ2v) is 6.41. The zero-order valence-corrected chi connectivity index (χ0v) is 15.1. The fraction of sp³-hybridized carbons (Fsp3) is 0.625. The van der Waals surface area contributed by atoms with Gasteiger partial charge in [-0.2, -0.15) is 0 Å². The van der Waals surface area contributed by atoms with E-state index in [1.54, 1.807) is 13.8 Å². The molecule has 0 amide bonds. The maximum Gasteiger partial charge on any atom is 0.573 e. The number of hydrogen-bond donors (Lipinski definition) is 1. The third-order valence-corrected chi connectivity index (χ3v) is 3.59. The largest absolute Gasteiger partial charge is 0.573 e. The lowest BCUT2D eigenvalue weighted by molar-refractivity contribution is -0.293. The summed E-state index contributed by atoms with van der Waals surface area (Å²) in [5.41, 5.74) is 5.02. The molecule has 168 valence electrons. The first-order chi connectivity index (χ1) is 13.0. The molecule has 0 saturated heterocycles. The second kappa shape index (κ2) is 9.18. The van der Waals surface area contributed by atoms with Crippen LogP contribution in [0.15, 0.2) is 12.1 Å². The lowest BCUT2D eigenvalue weighted by Crippen LogP contribution is -2.24. The molecule has 0 aliphatic carbocycles. The highest BCUT2D eigenvalue weighted by atomic mass is 19.4. The molecule has 1 aromatic carbocycles. The van der Waals surface area contributed by atoms with Crippen molar-refractivity contribution < 1.29 is 53.7 Å². The Morgan fingerprint density at radius 2 is 1.24 bits per heavy atom. The molecule has 1 aromatic rings. The summed E-state index contributed by atoms with van der Waals surface area (Å²) in [6.07, 6.45) is -16.4. The van der Waals surface area contributed by atoms with E-state index in [0.717, 1.165) is 6.07 Å². The third kappa shape index (κ3) is 9.33. The molecule has 29 heavy (non-hydrogen) atoms. The Balaban J connectivity index is 3.48. The maximum absolute atomic E-state index is 12.8. The first-order valence-corrected chi connectivity index (χ1v) is 8.14. The van der Waals surface area contributed by atoms with Gasteiger partial charge in [0.2, 0.25) is 5.75 Å². The van der Waals surface area contributed by atoms with E-state index in [4.69, 9.17) is 5.73 Å². The van der Waals surface area contributed by atoms with Crippen LogP contribution in [0, 0.1) is 11.8 Å². The van der Waals surface area contributed by atoms with Gasteiger partial charge in [-0.15, -0.1) is 39.5 Å². The van der Waals surface area contributed by atoms with E-state index in [2.05, 4.69) is 14.2 Å². The molecule has 0 spiro atoms. The summed E-state index contributed by atoms with van der Waals surface area (Å²) < 4.78 is 124. The summed E-state index contributed by atoms with van der Waals surface area (Å²) >= 11 is 0. The topological polar surface area (TPSA) is 53.7 Å². The van der Waals surface area contributed by atoms with E-state index < -0.39 is 41.9 Å². The van der Waals surface area contributed by atoms with Crippen molar-refractivity contribution in [2.24, 2.45) is 17.6 Å². The number of benzene rings is 1. The molecular weight excluding hydrogens is 425 g/mol. The summed E-state index contributed by atoms with van der Waals surface area (Å²) in [4.78, 5) is 0. The maximum atomic E-state index is 12.8. The van der Waals surface area contributed by atoms with Crippen LogP contribution in [0.25, 0.3) is 0 Å². The van der Waals surface area contributed by atoms with Gasteiger partial charge in [0.05, 0.1) is 0 Å². The standard InChI is InChI=1S/C16H18F9NO3/c1-8(5-9(2)7-26)6-10-3-4-11(27-14(17,18)19)13(29-16(23,24)25)12(10)28-15(20,21)22/h3-4,8-9H,5-7,26H2,1-2H3. The summed E-state index contributed by atoms with van der Waals surface area (Å²) in [6, 6.07) is 1.20. The summed E-state index contributed by atoms with van der Waals surface area (Å²) in [5.74, 6) is -5.47. The zero-order chi connectivity index (χ0) is 22.6. The highest BCUT2D eigenvalue weighted by Gasteiger charge is 2.41. The van der Waals surface area contributed by atoms with Crippen molar-refractivity contribution in [2.45, 2.75) is 45.8 Å². The zero-order valence-electron chi connectivity index (χ0n) is 15.1. The van der Waals surface area contributed by atoms with Gasteiger partial charge in [0.25, 0.3) is 0 Å². The predicted octanol–water partition coefficient (Wildman–Crippen LogP) is 5.55. The van der Waals surface area contributed by atoms with Gasteiger partial charge in [-0.05, 0) is 42.9 Å². The van der Waals surface area contributed by atoms with E-state index >= 15 is 0 Å². The average molecular weight is 443 g/mol. The van der Waals surface area contributed by atoms with Gasteiger partial charge in [-0.25, -0.2) is 0 Å². The van der Waals surface area contributed by atoms with E-state index in [1.165, 1.54) is 0 Å². The number of hydrogen-bond acceptors (Lipinski definition) is 4. The quantitative estimate of drug-likeness (QED) is 0.536. The fourth-order valence-electron chi connectivity index (χ4n) is 2.63. The summed E-state index contributed by atoms with van der Waals surface area (Å²) in [7, 11) is 0. The van der Waals surface area contributed by atoms with Crippen molar-refractivity contribution in [2.75, 3.05) is 6.54 Å². The number of ether oxygens (including phenoxy) is 3. The van der Waals surface area contributed by atoms with E-state index in [9.17, 15) is 39.5 Å². The molecule has 2 N–H and O–H groups in total. The summed E-state index contributed by atoms with van der Waals surface area (Å²) in [5, 5.41) is 0. The highest BCUT2D eigenvalue weighted by molar-refractivity contribution is 5.56. The smallest absolute Gasteiger partial charge is 0.402 e. The van der Waals surface area contributed by atoms with Gasteiger partial charge in [0, 0.05) is 0 Å². The Kier molecular flexibility index (Phi) is 7.91. The molecular formula is C16H18F9NO3. The number of rotatable bonds is 8. The number of nitrogens with two attached hydrogens (primary N) is 1. The molecule has 2 unspecified atom stereocenters. The van der Waals surface area contributed by atoms with Crippen LogP contribution in [0.2, 0.25) is 0 Å². The molecule has 0 heterocycles. The van der Waals surface area contributed by atoms with Gasteiger partial charge in [0.1, 0.15) is 0 Å². The Bertz CT molecular complexity index is 671. The molecule has 0 aliphatic heterocycles. The molecule has 2 atom stereocenters. The first-order valence-electron chi connectivity index (χ1n) is 8.14. The number of halogens is 9. The van der Waals surface area contributed by atoms with Crippen molar-refractivity contribution in [3.8, 4) is 17.2 Å². The van der Waals surface area contributed by atoms with Crippen LogP contribution in [0.5, 0.6) is 17.2 Å². The van der Waals surface area contributed by atoms with Gasteiger partial charge < -0.3 is 19.9 Å². The van der Waals surface area contributed by atoms with E-state index in [-0.39, 0.29) is 24.8 Å². The predicted molar refractivity (Wildman–Crippen MR) is 82.2 cm³/mol. The van der Waals surface area contributed by atoms with Gasteiger partial charge in [0.15, 0.2) is 11.5 Å². The van der Waals surface area contributed by atoms with Crippen molar-refractivity contribution in [3.63, 3.8) is 0 Å². The minimum absolute atomic E-state index is 0.0456.